The SMILES string of the molecule is FC(F)(F)CCOCCl. The van der Waals surface area contributed by atoms with Crippen LogP contribution >= 0.6 is 11.6 Å². The first-order chi connectivity index (χ1) is 4.06. The number of rotatable bonds is 3. The van der Waals surface area contributed by atoms with Gasteiger partial charge in [-0.05, 0) is 0 Å². The number of hydrogen-bond donors (Lipinski definition) is 0. The van der Waals surface area contributed by atoms with E-state index < -0.39 is 12.6 Å². The third-order valence-corrected chi connectivity index (χ3v) is 0.761. The van der Waals surface area contributed by atoms with Crippen molar-refractivity contribution >= 4 is 11.6 Å². The Morgan fingerprint density at radius 1 is 1.33 bits per heavy atom. The van der Waals surface area contributed by atoms with Gasteiger partial charge in [0, 0.05) is 0 Å². The Morgan fingerprint density at radius 3 is 2.22 bits per heavy atom. The molecular weight excluding hydrogens is 156 g/mol. The molecule has 0 aliphatic carbocycles. The molecule has 0 aromatic rings. The van der Waals surface area contributed by atoms with Crippen LogP contribution in [0.25, 0.3) is 0 Å². The zero-order chi connectivity index (χ0) is 7.33. The maximum Gasteiger partial charge on any atom is 0.391 e. The molecule has 9 heavy (non-hydrogen) atoms. The Balaban J connectivity index is 3.07. The molecule has 0 unspecified atom stereocenters. The Hall–Kier alpha value is 0.0400. The molecule has 0 spiro atoms. The van der Waals surface area contributed by atoms with Gasteiger partial charge in [-0.1, -0.05) is 11.6 Å². The van der Waals surface area contributed by atoms with Crippen LogP contribution in [-0.2, 0) is 4.74 Å². The van der Waals surface area contributed by atoms with Crippen LogP contribution in [0.3, 0.4) is 0 Å². The first kappa shape index (κ1) is 9.04. The van der Waals surface area contributed by atoms with Crippen molar-refractivity contribution in [3.63, 3.8) is 0 Å². The van der Waals surface area contributed by atoms with Crippen molar-refractivity contribution in [3.05, 3.63) is 0 Å². The Kier molecular flexibility index (Phi) is 3.97. The summed E-state index contributed by atoms with van der Waals surface area (Å²) in [5, 5.41) is 0. The van der Waals surface area contributed by atoms with E-state index >= 15 is 0 Å². The minimum absolute atomic E-state index is 0.184. The lowest BCUT2D eigenvalue weighted by atomic mass is 10.4. The number of ether oxygens (including phenoxy) is 1. The molecule has 0 amide bonds. The molecule has 56 valence electrons. The summed E-state index contributed by atoms with van der Waals surface area (Å²) < 4.78 is 38.0. The van der Waals surface area contributed by atoms with Crippen LogP contribution in [0.1, 0.15) is 6.42 Å². The highest BCUT2D eigenvalue weighted by atomic mass is 35.5. The van der Waals surface area contributed by atoms with Crippen LogP contribution in [0.2, 0.25) is 0 Å². The molecule has 0 aliphatic rings. The van der Waals surface area contributed by atoms with Gasteiger partial charge in [0.15, 0.2) is 0 Å². The zero-order valence-corrected chi connectivity index (χ0v) is 5.30. The van der Waals surface area contributed by atoms with E-state index in [2.05, 4.69) is 4.74 Å². The Bertz CT molecular complexity index is 72.7. The van der Waals surface area contributed by atoms with Crippen molar-refractivity contribution < 1.29 is 17.9 Å². The maximum absolute atomic E-state index is 11.3. The van der Waals surface area contributed by atoms with Crippen molar-refractivity contribution in [3.8, 4) is 0 Å². The van der Waals surface area contributed by atoms with Crippen LogP contribution in [0, 0.1) is 0 Å². The van der Waals surface area contributed by atoms with Gasteiger partial charge < -0.3 is 4.74 Å². The van der Waals surface area contributed by atoms with E-state index in [-0.39, 0.29) is 12.7 Å². The zero-order valence-electron chi connectivity index (χ0n) is 4.54. The minimum Gasteiger partial charge on any atom is -0.365 e. The molecule has 0 rings (SSSR count). The average molecular weight is 163 g/mol. The summed E-state index contributed by atoms with van der Waals surface area (Å²) in [6.45, 7) is -0.354. The highest BCUT2D eigenvalue weighted by Crippen LogP contribution is 2.18. The Labute approximate surface area is 55.7 Å². The van der Waals surface area contributed by atoms with E-state index in [9.17, 15) is 13.2 Å². The molecule has 0 bridgehead atoms. The molecule has 0 saturated carbocycles. The second-order valence-electron chi connectivity index (χ2n) is 1.38. The standard InChI is InChI=1S/C4H6ClF3O/c5-3-9-2-1-4(6,7)8/h1-3H2. The number of hydrogen-bond acceptors (Lipinski definition) is 1. The lowest BCUT2D eigenvalue weighted by Crippen LogP contribution is -2.10. The number of alkyl halides is 4. The maximum atomic E-state index is 11.3. The molecule has 0 saturated heterocycles. The molecular formula is C4H6ClF3O. The predicted molar refractivity (Wildman–Crippen MR) is 27.3 cm³/mol. The van der Waals surface area contributed by atoms with Crippen molar-refractivity contribution in [1.29, 1.82) is 0 Å². The summed E-state index contributed by atoms with van der Waals surface area (Å²) in [6, 6.07) is -0.184. The molecule has 0 radical (unpaired) electrons. The quantitative estimate of drug-likeness (QED) is 0.457. The van der Waals surface area contributed by atoms with Crippen molar-refractivity contribution in [2.75, 3.05) is 12.7 Å². The lowest BCUT2D eigenvalue weighted by molar-refractivity contribution is -0.143. The van der Waals surface area contributed by atoms with E-state index in [1.54, 1.807) is 0 Å². The summed E-state index contributed by atoms with van der Waals surface area (Å²) in [4.78, 5) is 0. The summed E-state index contributed by atoms with van der Waals surface area (Å²) in [7, 11) is 0. The molecule has 0 atom stereocenters. The van der Waals surface area contributed by atoms with E-state index in [0.29, 0.717) is 0 Å². The molecule has 0 aromatic carbocycles. The van der Waals surface area contributed by atoms with Gasteiger partial charge in [-0.15, -0.1) is 0 Å². The minimum atomic E-state index is -4.13. The first-order valence-electron chi connectivity index (χ1n) is 2.27. The summed E-state index contributed by atoms with van der Waals surface area (Å²) in [5.41, 5.74) is 0. The lowest BCUT2D eigenvalue weighted by Gasteiger charge is -2.03. The fourth-order valence-electron chi connectivity index (χ4n) is 0.242. The van der Waals surface area contributed by atoms with Gasteiger partial charge in [0.25, 0.3) is 0 Å². The fraction of sp³-hybridized carbons (Fsp3) is 1.00. The third kappa shape index (κ3) is 8.04. The van der Waals surface area contributed by atoms with E-state index in [1.807, 2.05) is 0 Å². The topological polar surface area (TPSA) is 9.23 Å². The molecule has 0 aliphatic heterocycles. The highest BCUT2D eigenvalue weighted by Gasteiger charge is 2.26. The van der Waals surface area contributed by atoms with Crippen LogP contribution in [-0.4, -0.2) is 18.8 Å². The van der Waals surface area contributed by atoms with E-state index in [1.165, 1.54) is 0 Å². The normalized spacial score (nSPS) is 12.0. The van der Waals surface area contributed by atoms with Gasteiger partial charge in [-0.3, -0.25) is 0 Å². The number of halogens is 4. The molecule has 0 heterocycles. The second-order valence-corrected chi connectivity index (χ2v) is 1.60. The first-order valence-corrected chi connectivity index (χ1v) is 2.80. The second kappa shape index (κ2) is 3.95. The van der Waals surface area contributed by atoms with Crippen molar-refractivity contribution in [2.45, 2.75) is 12.6 Å². The average Bonchev–Trinajstić information content (AvgIpc) is 1.63. The molecule has 0 fully saturated rings. The predicted octanol–water partition coefficient (Wildman–Crippen LogP) is 2.15. The van der Waals surface area contributed by atoms with Crippen molar-refractivity contribution in [1.82, 2.24) is 0 Å². The van der Waals surface area contributed by atoms with Gasteiger partial charge in [-0.25, -0.2) is 0 Å². The smallest absolute Gasteiger partial charge is 0.365 e. The largest absolute Gasteiger partial charge is 0.391 e. The third-order valence-electron chi connectivity index (χ3n) is 0.607. The van der Waals surface area contributed by atoms with Gasteiger partial charge in [-0.2, -0.15) is 13.2 Å². The van der Waals surface area contributed by atoms with E-state index in [0.717, 1.165) is 0 Å². The van der Waals surface area contributed by atoms with Crippen LogP contribution < -0.4 is 0 Å². The Morgan fingerprint density at radius 2 is 1.89 bits per heavy atom. The van der Waals surface area contributed by atoms with Gasteiger partial charge >= 0.3 is 6.18 Å². The summed E-state index contributed by atoms with van der Waals surface area (Å²) >= 11 is 4.94. The fourth-order valence-corrected chi connectivity index (χ4v) is 0.352. The molecule has 0 N–H and O–H groups in total. The molecule has 5 heteroatoms. The van der Waals surface area contributed by atoms with Crippen LogP contribution in [0.4, 0.5) is 13.2 Å². The summed E-state index contributed by atoms with van der Waals surface area (Å²) in [6.07, 6.45) is -5.06. The van der Waals surface area contributed by atoms with Crippen molar-refractivity contribution in [2.24, 2.45) is 0 Å². The van der Waals surface area contributed by atoms with Gasteiger partial charge in [0.05, 0.1) is 13.0 Å². The summed E-state index contributed by atoms with van der Waals surface area (Å²) in [5.74, 6) is 0. The van der Waals surface area contributed by atoms with Crippen LogP contribution in [0.15, 0.2) is 0 Å². The highest BCUT2D eigenvalue weighted by molar-refractivity contribution is 6.17. The van der Waals surface area contributed by atoms with Gasteiger partial charge in [0.1, 0.15) is 6.07 Å². The van der Waals surface area contributed by atoms with Crippen LogP contribution in [0.5, 0.6) is 0 Å². The molecule has 0 aromatic heterocycles. The van der Waals surface area contributed by atoms with E-state index in [4.69, 9.17) is 11.6 Å². The molecule has 1 nitrogen and oxygen atoms in total. The van der Waals surface area contributed by atoms with Gasteiger partial charge in [0.2, 0.25) is 0 Å². The monoisotopic (exact) mass is 162 g/mol.